The monoisotopic (exact) mass is 456 g/mol. The summed E-state index contributed by atoms with van der Waals surface area (Å²) >= 11 is 6.08. The van der Waals surface area contributed by atoms with E-state index in [0.717, 1.165) is 37.8 Å². The minimum atomic E-state index is -0.321. The van der Waals surface area contributed by atoms with E-state index in [1.165, 1.54) is 4.57 Å². The molecule has 170 valence electrons. The van der Waals surface area contributed by atoms with Crippen LogP contribution in [0.1, 0.15) is 56.1 Å². The molecule has 2 aliphatic rings. The van der Waals surface area contributed by atoms with Crippen molar-refractivity contribution in [3.8, 4) is 0 Å². The van der Waals surface area contributed by atoms with Crippen molar-refractivity contribution in [2.75, 3.05) is 13.1 Å². The Bertz CT molecular complexity index is 1140. The quantitative estimate of drug-likeness (QED) is 0.542. The van der Waals surface area contributed by atoms with E-state index < -0.39 is 0 Å². The van der Waals surface area contributed by atoms with Gasteiger partial charge in [-0.25, -0.2) is 9.79 Å². The highest BCUT2D eigenvalue weighted by Crippen LogP contribution is 2.28. The average Bonchev–Trinajstić information content (AvgIpc) is 3.36. The molecule has 1 unspecified atom stereocenters. The van der Waals surface area contributed by atoms with Crippen LogP contribution in [0.5, 0.6) is 0 Å². The number of amides is 1. The van der Waals surface area contributed by atoms with Crippen LogP contribution >= 0.6 is 11.6 Å². The van der Waals surface area contributed by atoms with E-state index in [9.17, 15) is 14.4 Å². The molecular formula is C24H29ClN4O3. The van der Waals surface area contributed by atoms with Crippen LogP contribution in [0.25, 0.3) is 0 Å². The van der Waals surface area contributed by atoms with Gasteiger partial charge in [0.2, 0.25) is 5.91 Å². The summed E-state index contributed by atoms with van der Waals surface area (Å²) in [4.78, 5) is 44.8. The van der Waals surface area contributed by atoms with Crippen molar-refractivity contribution < 1.29 is 4.79 Å². The molecule has 1 aromatic carbocycles. The smallest absolute Gasteiger partial charge is 0.332 e. The van der Waals surface area contributed by atoms with Gasteiger partial charge in [0.1, 0.15) is 11.0 Å². The molecule has 0 N–H and O–H groups in total. The Kier molecular flexibility index (Phi) is 6.94. The summed E-state index contributed by atoms with van der Waals surface area (Å²) in [7, 11) is 0. The standard InChI is InChI=1S/C24H29ClN4O3/c1-2-3-13-28-21-19(16-20(25)26-21)23(31)29(24(28)32)14-8-7-12-27-15-11-18(22(27)30)17-9-5-4-6-10-17/h4-6,9-10,18H,2-3,7-8,11-16H2,1H3. The maximum Gasteiger partial charge on any atom is 0.332 e. The second-order valence-corrected chi connectivity index (χ2v) is 8.93. The zero-order chi connectivity index (χ0) is 22.7. The van der Waals surface area contributed by atoms with Crippen molar-refractivity contribution in [3.63, 3.8) is 0 Å². The summed E-state index contributed by atoms with van der Waals surface area (Å²) in [5, 5.41) is 0.347. The van der Waals surface area contributed by atoms with Gasteiger partial charge in [-0.3, -0.25) is 18.7 Å². The highest BCUT2D eigenvalue weighted by molar-refractivity contribution is 6.66. The van der Waals surface area contributed by atoms with Crippen LogP contribution < -0.4 is 11.2 Å². The maximum absolute atomic E-state index is 13.0. The molecule has 2 aromatic rings. The maximum atomic E-state index is 13.0. The molecule has 0 spiro atoms. The molecule has 1 aromatic heterocycles. The molecule has 1 amide bonds. The van der Waals surface area contributed by atoms with E-state index in [0.29, 0.717) is 42.6 Å². The Labute approximate surface area is 192 Å². The number of carbonyl (C=O) groups is 1. The number of nitrogens with zero attached hydrogens (tertiary/aromatic N) is 4. The first-order valence-corrected chi connectivity index (χ1v) is 11.8. The Morgan fingerprint density at radius 2 is 1.72 bits per heavy atom. The Morgan fingerprint density at radius 3 is 2.47 bits per heavy atom. The molecule has 4 rings (SSSR count). The van der Waals surface area contributed by atoms with Crippen molar-refractivity contribution in [3.05, 3.63) is 62.3 Å². The molecular weight excluding hydrogens is 428 g/mol. The first-order valence-electron chi connectivity index (χ1n) is 11.4. The molecule has 0 saturated carbocycles. The van der Waals surface area contributed by atoms with Crippen molar-refractivity contribution >= 4 is 28.5 Å². The number of benzene rings is 1. The van der Waals surface area contributed by atoms with Gasteiger partial charge in [0.05, 0.1) is 11.5 Å². The van der Waals surface area contributed by atoms with E-state index in [2.05, 4.69) is 11.9 Å². The van der Waals surface area contributed by atoms with Crippen LogP contribution in [0.15, 0.2) is 44.9 Å². The second-order valence-electron chi connectivity index (χ2n) is 8.50. The summed E-state index contributed by atoms with van der Waals surface area (Å²) in [5.74, 6) is 0.523. The minimum absolute atomic E-state index is 0.0638. The Hall–Kier alpha value is -2.67. The average molecular weight is 457 g/mol. The third-order valence-corrected chi connectivity index (χ3v) is 6.55. The van der Waals surface area contributed by atoms with Crippen LogP contribution in [0.2, 0.25) is 0 Å². The van der Waals surface area contributed by atoms with E-state index >= 15 is 0 Å². The fourth-order valence-electron chi connectivity index (χ4n) is 4.57. The van der Waals surface area contributed by atoms with Gasteiger partial charge in [0.25, 0.3) is 5.56 Å². The summed E-state index contributed by atoms with van der Waals surface area (Å²) in [6.07, 6.45) is 4.27. The molecule has 8 heteroatoms. The van der Waals surface area contributed by atoms with Gasteiger partial charge < -0.3 is 4.90 Å². The molecule has 1 fully saturated rings. The predicted octanol–water partition coefficient (Wildman–Crippen LogP) is 3.43. The van der Waals surface area contributed by atoms with Crippen LogP contribution in [0.3, 0.4) is 0 Å². The van der Waals surface area contributed by atoms with Crippen molar-refractivity contribution in [2.24, 2.45) is 4.99 Å². The van der Waals surface area contributed by atoms with Gasteiger partial charge >= 0.3 is 5.69 Å². The fourth-order valence-corrected chi connectivity index (χ4v) is 4.78. The zero-order valence-corrected chi connectivity index (χ0v) is 19.2. The SMILES string of the molecule is CCCCn1c2c(c(=O)n(CCCCN3CCC(c4ccccc4)C3=O)c1=O)CC(Cl)=N2. The summed E-state index contributed by atoms with van der Waals surface area (Å²) in [6, 6.07) is 9.89. The van der Waals surface area contributed by atoms with E-state index in [1.54, 1.807) is 4.57 Å². The van der Waals surface area contributed by atoms with E-state index in [4.69, 9.17) is 11.6 Å². The summed E-state index contributed by atoms with van der Waals surface area (Å²) in [5.41, 5.74) is 0.960. The molecule has 1 atom stereocenters. The van der Waals surface area contributed by atoms with Gasteiger partial charge in [-0.2, -0.15) is 0 Å². The lowest BCUT2D eigenvalue weighted by Gasteiger charge is -2.17. The second kappa shape index (κ2) is 9.86. The number of carbonyl (C=O) groups excluding carboxylic acids is 1. The number of unbranched alkanes of at least 4 members (excludes halogenated alkanes) is 2. The van der Waals surface area contributed by atoms with Gasteiger partial charge in [-0.1, -0.05) is 55.3 Å². The van der Waals surface area contributed by atoms with Crippen molar-refractivity contribution in [1.29, 1.82) is 0 Å². The molecule has 2 aliphatic heterocycles. The first-order chi connectivity index (χ1) is 15.5. The predicted molar refractivity (Wildman–Crippen MR) is 126 cm³/mol. The van der Waals surface area contributed by atoms with E-state index in [-0.39, 0.29) is 29.5 Å². The highest BCUT2D eigenvalue weighted by Gasteiger charge is 2.32. The normalized spacial score (nSPS) is 17.7. The molecule has 0 bridgehead atoms. The molecule has 7 nitrogen and oxygen atoms in total. The summed E-state index contributed by atoms with van der Waals surface area (Å²) < 4.78 is 2.90. The van der Waals surface area contributed by atoms with Crippen LogP contribution in [0, 0.1) is 0 Å². The van der Waals surface area contributed by atoms with Gasteiger partial charge in [0, 0.05) is 32.6 Å². The number of aromatic nitrogens is 2. The lowest BCUT2D eigenvalue weighted by atomic mass is 9.98. The number of hydrogen-bond donors (Lipinski definition) is 0. The van der Waals surface area contributed by atoms with E-state index in [1.807, 2.05) is 35.2 Å². The molecule has 3 heterocycles. The number of rotatable bonds is 9. The van der Waals surface area contributed by atoms with Crippen LogP contribution in [-0.2, 0) is 24.3 Å². The third kappa shape index (κ3) is 4.44. The van der Waals surface area contributed by atoms with Crippen molar-refractivity contribution in [1.82, 2.24) is 14.0 Å². The molecule has 0 aliphatic carbocycles. The van der Waals surface area contributed by atoms with Gasteiger partial charge in [-0.15, -0.1) is 0 Å². The van der Waals surface area contributed by atoms with Crippen LogP contribution in [0.4, 0.5) is 5.82 Å². The number of aliphatic imine (C=N–C) groups is 1. The van der Waals surface area contributed by atoms with Crippen LogP contribution in [-0.4, -0.2) is 38.2 Å². The number of fused-ring (bicyclic) bond motifs is 1. The number of likely N-dealkylation sites (tertiary alicyclic amines) is 1. The zero-order valence-electron chi connectivity index (χ0n) is 18.4. The molecule has 32 heavy (non-hydrogen) atoms. The first kappa shape index (κ1) is 22.5. The number of halogens is 1. The van der Waals surface area contributed by atoms with Crippen molar-refractivity contribution in [2.45, 2.75) is 64.5 Å². The Morgan fingerprint density at radius 1 is 1.00 bits per heavy atom. The molecule has 0 radical (unpaired) electrons. The topological polar surface area (TPSA) is 76.7 Å². The van der Waals surface area contributed by atoms with Gasteiger partial charge in [-0.05, 0) is 31.2 Å². The lowest BCUT2D eigenvalue weighted by Crippen LogP contribution is -2.41. The fraction of sp³-hybridized carbons (Fsp3) is 0.500. The minimum Gasteiger partial charge on any atom is -0.342 e. The molecule has 1 saturated heterocycles. The Balaban J connectivity index is 1.40. The highest BCUT2D eigenvalue weighted by atomic mass is 35.5. The van der Waals surface area contributed by atoms with Gasteiger partial charge in [0.15, 0.2) is 0 Å². The summed E-state index contributed by atoms with van der Waals surface area (Å²) in [6.45, 7) is 4.30. The lowest BCUT2D eigenvalue weighted by molar-refractivity contribution is -0.129. The number of hydrogen-bond acceptors (Lipinski definition) is 4. The largest absolute Gasteiger partial charge is 0.342 e. The third-order valence-electron chi connectivity index (χ3n) is 6.33.